The minimum Gasteiger partial charge on any atom is -0.381 e. The molecule has 2 nitrogen and oxygen atoms in total. The van der Waals surface area contributed by atoms with Crippen molar-refractivity contribution >= 4 is 0 Å². The second-order valence-corrected chi connectivity index (χ2v) is 6.28. The fraction of sp³-hybridized carbons (Fsp3) is 1.00. The molecule has 0 aromatic carbocycles. The highest BCUT2D eigenvalue weighted by atomic mass is 16.5. The van der Waals surface area contributed by atoms with Crippen LogP contribution in [0, 0.1) is 17.8 Å². The highest BCUT2D eigenvalue weighted by Crippen LogP contribution is 2.38. The van der Waals surface area contributed by atoms with Crippen molar-refractivity contribution in [2.24, 2.45) is 17.8 Å². The SMILES string of the molecule is CCCNC(C1CCOCC1)C1CCC(CC)C1. The normalized spacial score (nSPS) is 31.7. The van der Waals surface area contributed by atoms with Gasteiger partial charge in [-0.15, -0.1) is 0 Å². The van der Waals surface area contributed by atoms with Crippen molar-refractivity contribution in [2.75, 3.05) is 19.8 Å². The zero-order valence-corrected chi connectivity index (χ0v) is 12.3. The third-order valence-corrected chi connectivity index (χ3v) is 5.07. The average molecular weight is 253 g/mol. The van der Waals surface area contributed by atoms with Crippen molar-refractivity contribution < 1.29 is 4.74 Å². The highest BCUT2D eigenvalue weighted by molar-refractivity contribution is 4.89. The summed E-state index contributed by atoms with van der Waals surface area (Å²) in [5.41, 5.74) is 0. The predicted octanol–water partition coefficient (Wildman–Crippen LogP) is 3.61. The van der Waals surface area contributed by atoms with Gasteiger partial charge in [0.2, 0.25) is 0 Å². The van der Waals surface area contributed by atoms with E-state index in [1.807, 2.05) is 0 Å². The van der Waals surface area contributed by atoms with Crippen LogP contribution in [0.4, 0.5) is 0 Å². The molecular formula is C16H31NO. The number of hydrogen-bond donors (Lipinski definition) is 1. The van der Waals surface area contributed by atoms with Gasteiger partial charge >= 0.3 is 0 Å². The maximum absolute atomic E-state index is 5.53. The molecule has 2 heteroatoms. The molecule has 1 saturated carbocycles. The summed E-state index contributed by atoms with van der Waals surface area (Å²) in [5.74, 6) is 2.80. The molecule has 2 fully saturated rings. The number of nitrogens with one attached hydrogen (secondary N) is 1. The number of hydrogen-bond acceptors (Lipinski definition) is 2. The van der Waals surface area contributed by atoms with E-state index in [1.165, 1.54) is 51.5 Å². The van der Waals surface area contributed by atoms with Crippen molar-refractivity contribution in [3.05, 3.63) is 0 Å². The maximum Gasteiger partial charge on any atom is 0.0469 e. The maximum atomic E-state index is 5.53. The Labute approximate surface area is 113 Å². The van der Waals surface area contributed by atoms with Crippen molar-refractivity contribution in [2.45, 2.75) is 64.8 Å². The Hall–Kier alpha value is -0.0800. The monoisotopic (exact) mass is 253 g/mol. The van der Waals surface area contributed by atoms with E-state index < -0.39 is 0 Å². The fourth-order valence-corrected chi connectivity index (χ4v) is 3.91. The minimum atomic E-state index is 0.769. The lowest BCUT2D eigenvalue weighted by Gasteiger charge is -2.35. The second kappa shape index (κ2) is 7.49. The predicted molar refractivity (Wildman–Crippen MR) is 76.7 cm³/mol. The highest BCUT2D eigenvalue weighted by Gasteiger charge is 2.34. The van der Waals surface area contributed by atoms with Crippen LogP contribution < -0.4 is 5.32 Å². The first-order valence-electron chi connectivity index (χ1n) is 8.16. The van der Waals surface area contributed by atoms with Gasteiger partial charge in [0.05, 0.1) is 0 Å². The zero-order valence-electron chi connectivity index (χ0n) is 12.3. The van der Waals surface area contributed by atoms with Crippen LogP contribution in [0.2, 0.25) is 0 Å². The van der Waals surface area contributed by atoms with Crippen molar-refractivity contribution in [3.8, 4) is 0 Å². The molecule has 0 aromatic rings. The van der Waals surface area contributed by atoms with E-state index in [9.17, 15) is 0 Å². The summed E-state index contributed by atoms with van der Waals surface area (Å²) in [4.78, 5) is 0. The number of ether oxygens (including phenoxy) is 1. The van der Waals surface area contributed by atoms with Crippen LogP contribution in [-0.2, 0) is 4.74 Å². The van der Waals surface area contributed by atoms with E-state index in [1.54, 1.807) is 0 Å². The van der Waals surface area contributed by atoms with E-state index >= 15 is 0 Å². The van der Waals surface area contributed by atoms with Gasteiger partial charge in [-0.2, -0.15) is 0 Å². The smallest absolute Gasteiger partial charge is 0.0469 e. The first-order chi connectivity index (χ1) is 8.85. The van der Waals surface area contributed by atoms with Crippen LogP contribution in [0.15, 0.2) is 0 Å². The summed E-state index contributed by atoms with van der Waals surface area (Å²) in [6.07, 6.45) is 9.57. The van der Waals surface area contributed by atoms with Crippen LogP contribution in [0.3, 0.4) is 0 Å². The molecule has 2 aliphatic rings. The minimum absolute atomic E-state index is 0.769. The lowest BCUT2D eigenvalue weighted by molar-refractivity contribution is 0.0445. The quantitative estimate of drug-likeness (QED) is 0.781. The molecular weight excluding hydrogens is 222 g/mol. The molecule has 0 radical (unpaired) electrons. The summed E-state index contributed by atoms with van der Waals surface area (Å²) in [7, 11) is 0. The molecule has 18 heavy (non-hydrogen) atoms. The number of rotatable bonds is 6. The van der Waals surface area contributed by atoms with Crippen LogP contribution in [-0.4, -0.2) is 25.8 Å². The summed E-state index contributed by atoms with van der Waals surface area (Å²) in [6, 6.07) is 0.769. The molecule has 0 spiro atoms. The van der Waals surface area contributed by atoms with Gasteiger partial charge in [0.25, 0.3) is 0 Å². The topological polar surface area (TPSA) is 21.3 Å². The molecule has 106 valence electrons. The Balaban J connectivity index is 1.91. The van der Waals surface area contributed by atoms with Gasteiger partial charge in [-0.25, -0.2) is 0 Å². The Bertz CT molecular complexity index is 225. The van der Waals surface area contributed by atoms with Crippen LogP contribution in [0.25, 0.3) is 0 Å². The van der Waals surface area contributed by atoms with E-state index in [4.69, 9.17) is 4.74 Å². The van der Waals surface area contributed by atoms with Crippen molar-refractivity contribution in [1.82, 2.24) is 5.32 Å². The van der Waals surface area contributed by atoms with Crippen LogP contribution >= 0.6 is 0 Å². The summed E-state index contributed by atoms with van der Waals surface area (Å²) < 4.78 is 5.53. The molecule has 0 aromatic heterocycles. The summed E-state index contributed by atoms with van der Waals surface area (Å²) in [6.45, 7) is 7.79. The molecule has 2 rings (SSSR count). The Morgan fingerprint density at radius 2 is 1.83 bits per heavy atom. The van der Waals surface area contributed by atoms with Gasteiger partial charge < -0.3 is 10.1 Å². The van der Waals surface area contributed by atoms with Gasteiger partial charge in [0.1, 0.15) is 0 Å². The Morgan fingerprint density at radius 3 is 2.44 bits per heavy atom. The molecule has 3 atom stereocenters. The van der Waals surface area contributed by atoms with E-state index in [0.29, 0.717) is 0 Å². The van der Waals surface area contributed by atoms with Gasteiger partial charge in [-0.05, 0) is 56.4 Å². The standard InChI is InChI=1S/C16H31NO/c1-3-9-17-16(14-7-10-18-11-8-14)15-6-5-13(4-2)12-15/h13-17H,3-12H2,1-2H3. The van der Waals surface area contributed by atoms with Crippen molar-refractivity contribution in [3.63, 3.8) is 0 Å². The van der Waals surface area contributed by atoms with E-state index in [2.05, 4.69) is 19.2 Å². The molecule has 1 saturated heterocycles. The van der Waals surface area contributed by atoms with Crippen LogP contribution in [0.5, 0.6) is 0 Å². The Morgan fingerprint density at radius 1 is 1.06 bits per heavy atom. The fourth-order valence-electron chi connectivity index (χ4n) is 3.91. The van der Waals surface area contributed by atoms with Crippen LogP contribution in [0.1, 0.15) is 58.8 Å². The molecule has 0 bridgehead atoms. The molecule has 1 aliphatic heterocycles. The molecule has 1 aliphatic carbocycles. The van der Waals surface area contributed by atoms with Gasteiger partial charge in [-0.3, -0.25) is 0 Å². The molecule has 1 heterocycles. The molecule has 3 unspecified atom stereocenters. The summed E-state index contributed by atoms with van der Waals surface area (Å²) >= 11 is 0. The van der Waals surface area contributed by atoms with E-state index in [-0.39, 0.29) is 0 Å². The first kappa shape index (κ1) is 14.3. The lowest BCUT2D eigenvalue weighted by atomic mass is 9.82. The lowest BCUT2D eigenvalue weighted by Crippen LogP contribution is -2.44. The van der Waals surface area contributed by atoms with Gasteiger partial charge in [0, 0.05) is 19.3 Å². The van der Waals surface area contributed by atoms with Crippen molar-refractivity contribution in [1.29, 1.82) is 0 Å². The molecule has 1 N–H and O–H groups in total. The molecule has 0 amide bonds. The van der Waals surface area contributed by atoms with Gasteiger partial charge in [0.15, 0.2) is 0 Å². The Kier molecular flexibility index (Phi) is 5.97. The zero-order chi connectivity index (χ0) is 12.8. The second-order valence-electron chi connectivity index (χ2n) is 6.28. The largest absolute Gasteiger partial charge is 0.381 e. The average Bonchev–Trinajstić information content (AvgIpc) is 2.89. The first-order valence-corrected chi connectivity index (χ1v) is 8.16. The van der Waals surface area contributed by atoms with E-state index in [0.717, 1.165) is 37.0 Å². The third-order valence-electron chi connectivity index (χ3n) is 5.07. The summed E-state index contributed by atoms with van der Waals surface area (Å²) in [5, 5.41) is 3.87. The van der Waals surface area contributed by atoms with Gasteiger partial charge in [-0.1, -0.05) is 26.7 Å². The third kappa shape index (κ3) is 3.71.